The maximum absolute atomic E-state index is 11.6. The van der Waals surface area contributed by atoms with Gasteiger partial charge in [-0.15, -0.1) is 0 Å². The van der Waals surface area contributed by atoms with Crippen molar-refractivity contribution < 1.29 is 30.1 Å². The van der Waals surface area contributed by atoms with Gasteiger partial charge in [-0.3, -0.25) is 0 Å². The number of carbonyl (C=O) groups excluding carboxylic acids is 1. The highest BCUT2D eigenvalue weighted by atomic mass is 16.6. The van der Waals surface area contributed by atoms with E-state index in [0.29, 0.717) is 0 Å². The van der Waals surface area contributed by atoms with Gasteiger partial charge in [0.1, 0.15) is 6.56 Å². The summed E-state index contributed by atoms with van der Waals surface area (Å²) in [5.41, 5.74) is -1.43. The number of nitrogens with zero attached hydrogens (tertiary/aromatic N) is 1. The van der Waals surface area contributed by atoms with Gasteiger partial charge >= 0.3 is 6.09 Å². The van der Waals surface area contributed by atoms with Gasteiger partial charge < -0.3 is 19.9 Å². The van der Waals surface area contributed by atoms with Crippen molar-refractivity contribution in [1.29, 1.82) is 0 Å². The molecule has 1 aromatic carbocycles. The van der Waals surface area contributed by atoms with Crippen LogP contribution in [0, 0.1) is 0 Å². The Morgan fingerprint density at radius 2 is 2.57 bits per heavy atom. The number of likely N-dealkylation sites (N-methyl/N-ethyl adjacent to an activating group) is 1. The summed E-state index contributed by atoms with van der Waals surface area (Å²) in [5.74, 6) is 0. The second-order valence-corrected chi connectivity index (χ2v) is 4.26. The minimum absolute atomic E-state index is 0.0536. The van der Waals surface area contributed by atoms with E-state index in [1.54, 1.807) is 0 Å². The fraction of sp³-hybridized carbons (Fsp3) is 0.438. The SMILES string of the molecule is [2H]c1[nH]c2c([2H])c([2H])c(C[C@]3([2H])NC(=O)OC3([2H])[2H])c([2H])c2c1C([2H])([2H])CN(C([2H])([2H])[2H])C([2H])([2H])[2H]. The number of ether oxygens (including phenoxy) is 1. The van der Waals surface area contributed by atoms with Crippen LogP contribution in [-0.2, 0) is 17.5 Å². The second-order valence-electron chi connectivity index (χ2n) is 4.26. The number of rotatable bonds is 5. The van der Waals surface area contributed by atoms with Gasteiger partial charge in [-0.25, -0.2) is 4.79 Å². The quantitative estimate of drug-likeness (QED) is 0.887. The van der Waals surface area contributed by atoms with Gasteiger partial charge in [0.25, 0.3) is 0 Å². The largest absolute Gasteiger partial charge is 0.447 e. The van der Waals surface area contributed by atoms with Gasteiger partial charge in [0.05, 0.1) is 15.6 Å². The van der Waals surface area contributed by atoms with Crippen LogP contribution < -0.4 is 5.32 Å². The molecule has 1 aliphatic heterocycles. The highest BCUT2D eigenvalue weighted by Gasteiger charge is 2.22. The molecule has 1 atom stereocenters. The maximum Gasteiger partial charge on any atom is 0.407 e. The number of fused-ring (bicyclic) bond motifs is 1. The zero-order chi connectivity index (χ0) is 27.8. The molecule has 1 fully saturated rings. The van der Waals surface area contributed by atoms with Gasteiger partial charge in [0.2, 0.25) is 0 Å². The fourth-order valence-electron chi connectivity index (χ4n) is 1.83. The van der Waals surface area contributed by atoms with Crippen molar-refractivity contribution >= 4 is 17.0 Å². The maximum atomic E-state index is 11.6. The first-order chi connectivity index (χ1) is 16.0. The predicted octanol–water partition coefficient (Wildman–Crippen LogP) is 1.92. The number of benzene rings is 1. The van der Waals surface area contributed by atoms with E-state index in [-0.39, 0.29) is 10.4 Å². The van der Waals surface area contributed by atoms with Crippen LogP contribution in [0.2, 0.25) is 0 Å². The number of carbonyl (C=O) groups is 1. The summed E-state index contributed by atoms with van der Waals surface area (Å²) >= 11 is 0. The van der Waals surface area contributed by atoms with Crippen LogP contribution in [0.15, 0.2) is 24.3 Å². The molecule has 2 N–H and O–H groups in total. The molecule has 0 aliphatic carbocycles. The van der Waals surface area contributed by atoms with E-state index in [4.69, 9.17) is 20.6 Å². The molecule has 1 amide bonds. The minimum atomic E-state index is -3.25. The molecular weight excluding hydrogens is 266 g/mol. The number of aromatic nitrogens is 1. The number of H-pyrrole nitrogens is 1. The molecule has 0 unspecified atom stereocenters. The molecule has 1 aliphatic rings. The van der Waals surface area contributed by atoms with E-state index >= 15 is 0 Å². The molecule has 112 valence electrons. The van der Waals surface area contributed by atoms with Crippen LogP contribution in [0.5, 0.6) is 0 Å². The Morgan fingerprint density at radius 3 is 3.33 bits per heavy atom. The third kappa shape index (κ3) is 3.19. The molecule has 2 aromatic rings. The average molecular weight is 302 g/mol. The average Bonchev–Trinajstić information content (AvgIpc) is 3.13. The summed E-state index contributed by atoms with van der Waals surface area (Å²) in [4.78, 5) is 13.9. The summed E-state index contributed by atoms with van der Waals surface area (Å²) in [6.45, 7) is -10.6. The molecule has 0 radical (unpaired) electrons. The molecule has 0 spiro atoms. The molecule has 5 heteroatoms. The molecule has 3 rings (SSSR count). The van der Waals surface area contributed by atoms with E-state index in [9.17, 15) is 4.79 Å². The van der Waals surface area contributed by atoms with Crippen LogP contribution in [0.1, 0.15) is 31.7 Å². The van der Waals surface area contributed by atoms with Gasteiger partial charge in [-0.05, 0) is 50.0 Å². The minimum Gasteiger partial charge on any atom is -0.447 e. The van der Waals surface area contributed by atoms with Crippen LogP contribution in [0.3, 0.4) is 0 Å². The van der Waals surface area contributed by atoms with Gasteiger partial charge in [-0.2, -0.15) is 0 Å². The highest BCUT2D eigenvalue weighted by molar-refractivity contribution is 5.84. The van der Waals surface area contributed by atoms with Crippen molar-refractivity contribution in [2.75, 3.05) is 27.1 Å². The lowest BCUT2D eigenvalue weighted by Crippen LogP contribution is -2.28. The van der Waals surface area contributed by atoms with E-state index < -0.39 is 92.8 Å². The second kappa shape index (κ2) is 5.77. The Labute approximate surface area is 145 Å². The number of cyclic esters (lactones) is 1. The fourth-order valence-corrected chi connectivity index (χ4v) is 1.83. The van der Waals surface area contributed by atoms with Crippen molar-refractivity contribution in [3.63, 3.8) is 0 Å². The van der Waals surface area contributed by atoms with Gasteiger partial charge in [0.15, 0.2) is 0 Å². The first-order valence-electron chi connectivity index (χ1n) is 13.4. The van der Waals surface area contributed by atoms with Crippen molar-refractivity contribution in [3.8, 4) is 0 Å². The molecule has 0 bridgehead atoms. The number of nitrogens with one attached hydrogen (secondary N) is 2. The lowest BCUT2D eigenvalue weighted by Gasteiger charge is -2.09. The number of alkyl carbamates (subject to hydrolysis) is 1. The third-order valence-electron chi connectivity index (χ3n) is 2.71. The molecule has 5 nitrogen and oxygen atoms in total. The zero-order valence-electron chi connectivity index (χ0n) is 25.7. The first-order valence-corrected chi connectivity index (χ1v) is 5.94. The van der Waals surface area contributed by atoms with Crippen molar-refractivity contribution in [1.82, 2.24) is 15.2 Å². The topological polar surface area (TPSA) is 57.4 Å². The zero-order valence-corrected chi connectivity index (χ0v) is 10.7. The Bertz CT molecular complexity index is 1200. The summed E-state index contributed by atoms with van der Waals surface area (Å²) in [6, 6.07) is -4.49. The van der Waals surface area contributed by atoms with Crippen LogP contribution in [0.25, 0.3) is 10.9 Å². The van der Waals surface area contributed by atoms with Crippen LogP contribution >= 0.6 is 0 Å². The van der Waals surface area contributed by atoms with Crippen molar-refractivity contribution in [2.24, 2.45) is 0 Å². The van der Waals surface area contributed by atoms with Gasteiger partial charge in [-0.1, -0.05) is 6.04 Å². The van der Waals surface area contributed by atoms with Crippen LogP contribution in [0.4, 0.5) is 4.79 Å². The molecule has 1 aromatic heterocycles. The summed E-state index contributed by atoms with van der Waals surface area (Å²) < 4.78 is 124. The lowest BCUT2D eigenvalue weighted by atomic mass is 10.0. The Kier molecular flexibility index (Phi) is 1.30. The molecule has 1 saturated heterocycles. The summed E-state index contributed by atoms with van der Waals surface area (Å²) in [6.07, 6.45) is -5.68. The van der Waals surface area contributed by atoms with Crippen LogP contribution in [-0.4, -0.2) is 49.1 Å². The monoisotopic (exact) mass is 302 g/mol. The number of hydrogen-bond donors (Lipinski definition) is 2. The molecule has 0 saturated carbocycles. The predicted molar refractivity (Wildman–Crippen MR) is 82.5 cm³/mol. The molecule has 21 heavy (non-hydrogen) atoms. The number of hydrogen-bond acceptors (Lipinski definition) is 3. The normalized spacial score (nSPS) is 36.4. The Hall–Kier alpha value is -2.01. The van der Waals surface area contributed by atoms with Crippen molar-refractivity contribution in [2.45, 2.75) is 18.8 Å². The Balaban J connectivity index is 2.23. The van der Waals surface area contributed by atoms with E-state index in [1.807, 2.05) is 5.32 Å². The summed E-state index contributed by atoms with van der Waals surface area (Å²) in [7, 11) is 0. The standard InChI is InChI=1S/C16H21N3O2/c1-19(2)6-5-12-9-17-15-4-3-11(8-14(12)15)7-13-10-21-16(20)18-13/h3-4,8-9,13,17H,5-7,10H2,1-2H3,(H,18,20)/t13-/m0/s1/i1D3,2D3,3D,4D,5D2,8D,9D,10D2,13D. The molecular formula is C16H21N3O2. The number of amides is 1. The summed E-state index contributed by atoms with van der Waals surface area (Å²) in [5, 5.41) is 1.51. The first kappa shape index (κ1) is 4.74. The Morgan fingerprint density at radius 1 is 1.67 bits per heavy atom. The van der Waals surface area contributed by atoms with E-state index in [0.717, 1.165) is 0 Å². The number of aromatic amines is 1. The van der Waals surface area contributed by atoms with Crippen molar-refractivity contribution in [3.05, 3.63) is 35.4 Å². The third-order valence-corrected chi connectivity index (χ3v) is 2.71. The molecule has 2 heterocycles. The van der Waals surface area contributed by atoms with E-state index in [1.165, 1.54) is 0 Å². The highest BCUT2D eigenvalue weighted by Crippen LogP contribution is 2.21. The van der Waals surface area contributed by atoms with E-state index in [2.05, 4.69) is 9.72 Å². The van der Waals surface area contributed by atoms with Gasteiger partial charge in [0, 0.05) is 34.6 Å². The lowest BCUT2D eigenvalue weighted by molar-refractivity contribution is 0.177. The smallest absolute Gasteiger partial charge is 0.407 e.